The Morgan fingerprint density at radius 2 is 1.84 bits per heavy atom. The largest absolute Gasteiger partial charge is 0.573 e. The third-order valence-corrected chi connectivity index (χ3v) is 6.12. The number of para-hydroxylation sites is 1. The molecule has 1 aliphatic heterocycles. The summed E-state index contributed by atoms with van der Waals surface area (Å²) in [5.41, 5.74) is 0. The topological polar surface area (TPSA) is 92.8 Å². The smallest absolute Gasteiger partial charge is 0.404 e. The molecule has 0 radical (unpaired) electrons. The first-order valence-electron chi connectivity index (χ1n) is 7.21. The number of hydrogen-bond donors (Lipinski definition) is 1. The predicted molar refractivity (Wildman–Crippen MR) is 82.9 cm³/mol. The summed E-state index contributed by atoms with van der Waals surface area (Å²) < 4.78 is 92.6. The van der Waals surface area contributed by atoms with Gasteiger partial charge in [-0.1, -0.05) is 12.1 Å². The second-order valence-corrected chi connectivity index (χ2v) is 9.27. The van der Waals surface area contributed by atoms with Crippen molar-refractivity contribution in [2.45, 2.75) is 30.1 Å². The maximum atomic E-state index is 12.7. The van der Waals surface area contributed by atoms with Gasteiger partial charge >= 0.3 is 6.36 Å². The first kappa shape index (κ1) is 19.9. The third-order valence-electron chi connectivity index (χ3n) is 3.46. The average molecular weight is 402 g/mol. The maximum absolute atomic E-state index is 12.7. The number of alkyl halides is 3. The second kappa shape index (κ2) is 7.09. The molecule has 12 heteroatoms. The van der Waals surface area contributed by atoms with Crippen LogP contribution in [0.3, 0.4) is 0 Å². The maximum Gasteiger partial charge on any atom is 0.573 e. The van der Waals surface area contributed by atoms with E-state index in [0.29, 0.717) is 12.8 Å². The molecule has 1 aliphatic rings. The van der Waals surface area contributed by atoms with E-state index in [1.165, 1.54) is 12.1 Å². The molecule has 1 atom stereocenters. The predicted octanol–water partition coefficient (Wildman–Crippen LogP) is 1.29. The van der Waals surface area contributed by atoms with Gasteiger partial charge < -0.3 is 4.74 Å². The fraction of sp³-hybridized carbons (Fsp3) is 0.538. The van der Waals surface area contributed by atoms with E-state index in [1.807, 2.05) is 0 Å². The van der Waals surface area contributed by atoms with E-state index in [4.69, 9.17) is 0 Å². The van der Waals surface area contributed by atoms with Crippen molar-refractivity contribution in [1.82, 2.24) is 9.03 Å². The number of piperidine rings is 1. The molecule has 1 aromatic rings. The van der Waals surface area contributed by atoms with Crippen molar-refractivity contribution in [2.75, 3.05) is 19.3 Å². The van der Waals surface area contributed by atoms with Crippen molar-refractivity contribution in [3.8, 4) is 5.75 Å². The molecule has 142 valence electrons. The summed E-state index contributed by atoms with van der Waals surface area (Å²) in [6.45, 7) is -0.0968. The third kappa shape index (κ3) is 5.56. The molecule has 2 rings (SSSR count). The van der Waals surface area contributed by atoms with E-state index >= 15 is 0 Å². The van der Waals surface area contributed by atoms with Gasteiger partial charge in [0.1, 0.15) is 10.6 Å². The number of sulfonamides is 2. The number of nitrogens with one attached hydrogen (secondary N) is 1. The van der Waals surface area contributed by atoms with Gasteiger partial charge in [0.2, 0.25) is 20.0 Å². The second-order valence-electron chi connectivity index (χ2n) is 5.59. The Morgan fingerprint density at radius 1 is 1.20 bits per heavy atom. The molecule has 0 aliphatic carbocycles. The molecule has 1 fully saturated rings. The lowest BCUT2D eigenvalue weighted by molar-refractivity contribution is -0.275. The summed E-state index contributed by atoms with van der Waals surface area (Å²) in [6, 6.07) is 3.80. The Labute approximate surface area is 143 Å². The summed E-state index contributed by atoms with van der Waals surface area (Å²) in [4.78, 5) is -0.618. The highest BCUT2D eigenvalue weighted by Gasteiger charge is 2.37. The van der Waals surface area contributed by atoms with Gasteiger partial charge in [0.05, 0.1) is 6.26 Å². The molecule has 25 heavy (non-hydrogen) atoms. The van der Waals surface area contributed by atoms with Crippen LogP contribution in [-0.2, 0) is 20.0 Å². The number of hydrogen-bond acceptors (Lipinski definition) is 5. The van der Waals surface area contributed by atoms with E-state index in [1.54, 1.807) is 0 Å². The molecule has 0 aromatic heterocycles. The van der Waals surface area contributed by atoms with Gasteiger partial charge in [-0.15, -0.1) is 13.2 Å². The van der Waals surface area contributed by atoms with Crippen molar-refractivity contribution < 1.29 is 34.7 Å². The van der Waals surface area contributed by atoms with Crippen molar-refractivity contribution in [3.05, 3.63) is 24.3 Å². The molecule has 7 nitrogen and oxygen atoms in total. The van der Waals surface area contributed by atoms with Gasteiger partial charge in [-0.25, -0.2) is 21.6 Å². The van der Waals surface area contributed by atoms with Crippen molar-refractivity contribution in [3.63, 3.8) is 0 Å². The van der Waals surface area contributed by atoms with E-state index in [9.17, 15) is 30.0 Å². The molecule has 1 heterocycles. The zero-order chi connectivity index (χ0) is 18.9. The molecule has 1 N–H and O–H groups in total. The van der Waals surface area contributed by atoms with Crippen LogP contribution in [-0.4, -0.2) is 52.9 Å². The molecule has 0 saturated carbocycles. The zero-order valence-corrected chi connectivity index (χ0v) is 14.8. The summed E-state index contributed by atoms with van der Waals surface area (Å²) in [6.07, 6.45) is -3.28. The number of halogens is 3. The van der Waals surface area contributed by atoms with E-state index in [0.717, 1.165) is 22.7 Å². The van der Waals surface area contributed by atoms with Crippen molar-refractivity contribution in [2.24, 2.45) is 0 Å². The minimum absolute atomic E-state index is 0.0740. The summed E-state index contributed by atoms with van der Waals surface area (Å²) in [5.74, 6) is -0.826. The Morgan fingerprint density at radius 3 is 2.44 bits per heavy atom. The molecular weight excluding hydrogens is 385 g/mol. The van der Waals surface area contributed by atoms with Crippen LogP contribution in [0.1, 0.15) is 12.8 Å². The SMILES string of the molecule is CS(=O)(=O)N[C@H]1CCCN(S(=O)(=O)c2ccccc2OC(F)(F)F)C1. The van der Waals surface area contributed by atoms with E-state index in [-0.39, 0.29) is 13.1 Å². The number of ether oxygens (including phenoxy) is 1. The van der Waals surface area contributed by atoms with Crippen LogP contribution in [0.2, 0.25) is 0 Å². The lowest BCUT2D eigenvalue weighted by Gasteiger charge is -2.32. The van der Waals surface area contributed by atoms with Gasteiger partial charge in [-0.3, -0.25) is 0 Å². The van der Waals surface area contributed by atoms with Crippen molar-refractivity contribution >= 4 is 20.0 Å². The molecular formula is C13H17F3N2O5S2. The fourth-order valence-corrected chi connectivity index (χ4v) is 5.01. The standard InChI is InChI=1S/C13H17F3N2O5S2/c1-24(19,20)17-10-5-4-8-18(9-10)25(21,22)12-7-3-2-6-11(12)23-13(14,15)16/h2-3,6-7,10,17H,4-5,8-9H2,1H3/t10-/m0/s1. The summed E-state index contributed by atoms with van der Waals surface area (Å²) >= 11 is 0. The lowest BCUT2D eigenvalue weighted by atomic mass is 10.1. The van der Waals surface area contributed by atoms with Crippen LogP contribution in [0.5, 0.6) is 5.75 Å². The van der Waals surface area contributed by atoms with Crippen LogP contribution < -0.4 is 9.46 Å². The van der Waals surface area contributed by atoms with Crippen LogP contribution in [0, 0.1) is 0 Å². The van der Waals surface area contributed by atoms with Crippen LogP contribution in [0.4, 0.5) is 13.2 Å². The fourth-order valence-electron chi connectivity index (χ4n) is 2.57. The molecule has 0 bridgehead atoms. The van der Waals surface area contributed by atoms with Gasteiger partial charge in [-0.05, 0) is 25.0 Å². The first-order valence-corrected chi connectivity index (χ1v) is 10.5. The minimum atomic E-state index is -5.03. The van der Waals surface area contributed by atoms with E-state index in [2.05, 4.69) is 9.46 Å². The number of benzene rings is 1. The molecule has 1 saturated heterocycles. The van der Waals surface area contributed by atoms with Crippen LogP contribution in [0.25, 0.3) is 0 Å². The average Bonchev–Trinajstić information content (AvgIpc) is 2.44. The Balaban J connectivity index is 2.30. The highest BCUT2D eigenvalue weighted by Crippen LogP contribution is 2.32. The summed E-state index contributed by atoms with van der Waals surface area (Å²) in [7, 11) is -7.81. The van der Waals surface area contributed by atoms with Gasteiger partial charge in [0.15, 0.2) is 0 Å². The Hall–Kier alpha value is -1.37. The summed E-state index contributed by atoms with van der Waals surface area (Å²) in [5, 5.41) is 0. The van der Waals surface area contributed by atoms with E-state index < -0.39 is 43.1 Å². The Bertz CT molecular complexity index is 824. The minimum Gasteiger partial charge on any atom is -0.404 e. The van der Waals surface area contributed by atoms with Crippen LogP contribution in [0.15, 0.2) is 29.2 Å². The lowest BCUT2D eigenvalue weighted by Crippen LogP contribution is -2.49. The molecule has 0 spiro atoms. The Kier molecular flexibility index (Phi) is 5.66. The highest BCUT2D eigenvalue weighted by molar-refractivity contribution is 7.89. The first-order chi connectivity index (χ1) is 11.4. The van der Waals surface area contributed by atoms with Gasteiger partial charge in [0.25, 0.3) is 0 Å². The molecule has 0 unspecified atom stereocenters. The molecule has 0 amide bonds. The normalized spacial score (nSPS) is 20.4. The van der Waals surface area contributed by atoms with Crippen LogP contribution >= 0.6 is 0 Å². The molecule has 1 aromatic carbocycles. The number of rotatable bonds is 5. The highest BCUT2D eigenvalue weighted by atomic mass is 32.2. The van der Waals surface area contributed by atoms with Crippen molar-refractivity contribution in [1.29, 1.82) is 0 Å². The van der Waals surface area contributed by atoms with Gasteiger partial charge in [0, 0.05) is 19.1 Å². The number of nitrogens with zero attached hydrogens (tertiary/aromatic N) is 1. The monoisotopic (exact) mass is 402 g/mol. The van der Waals surface area contributed by atoms with Gasteiger partial charge in [-0.2, -0.15) is 4.31 Å². The zero-order valence-electron chi connectivity index (χ0n) is 13.2. The quantitative estimate of drug-likeness (QED) is 0.801.